The first kappa shape index (κ1) is 35.5. The fraction of sp³-hybridized carbons (Fsp3) is 0.852. The maximum absolute atomic E-state index is 13.0. The molecule has 0 N–H and O–H groups in total. The minimum Gasteiger partial charge on any atom is -0.463 e. The van der Waals surface area contributed by atoms with E-state index in [9.17, 15) is 9.59 Å². The van der Waals surface area contributed by atoms with E-state index < -0.39 is 50.2 Å². The van der Waals surface area contributed by atoms with Crippen molar-refractivity contribution in [2.24, 2.45) is 0 Å². The normalized spacial score (nSPS) is 24.8. The summed E-state index contributed by atoms with van der Waals surface area (Å²) in [6.45, 7) is 24.0. The van der Waals surface area contributed by atoms with Crippen molar-refractivity contribution in [2.75, 3.05) is 6.61 Å². The minimum atomic E-state index is -2.91. The molecule has 1 aliphatic heterocycles. The van der Waals surface area contributed by atoms with Gasteiger partial charge in [-0.05, 0) is 85.0 Å². The van der Waals surface area contributed by atoms with Crippen molar-refractivity contribution in [1.29, 1.82) is 0 Å². The van der Waals surface area contributed by atoms with Gasteiger partial charge in [-0.15, -0.1) is 0 Å². The van der Waals surface area contributed by atoms with Crippen LogP contribution < -0.4 is 0 Å². The van der Waals surface area contributed by atoms with E-state index in [1.807, 2.05) is 6.92 Å². The molecule has 38 heavy (non-hydrogen) atoms. The van der Waals surface area contributed by atoms with Gasteiger partial charge in [0.2, 0.25) is 0 Å². The zero-order chi connectivity index (χ0) is 29.3. The molecule has 1 aliphatic rings. The first-order valence-corrected chi connectivity index (χ1v) is 26.9. The van der Waals surface area contributed by atoms with Gasteiger partial charge in [0.1, 0.15) is 5.73 Å². The standard InChI is InChI=1S/C27H56O7Si4/c1-12-14-15-16-17-18-22-30-24(28)19-20-25(29)31-26(13-2)38(34-36(8,9)10)23-21-27(3,4)32-37(38,11)33-35(5,6)7/h19-20,26H,12-18,21-23H2,1-11H3. The van der Waals surface area contributed by atoms with Gasteiger partial charge in [-0.1, -0.05) is 46.0 Å². The molecule has 3 unspecified atom stereocenters. The first-order valence-electron chi connectivity index (χ1n) is 14.5. The molecular formula is C27H56O7Si4. The van der Waals surface area contributed by atoms with Gasteiger partial charge in [-0.3, -0.25) is 0 Å². The van der Waals surface area contributed by atoms with Crippen LogP contribution in [0.2, 0.25) is 51.9 Å². The average molecular weight is 605 g/mol. The number of hydrogen-bond acceptors (Lipinski definition) is 7. The van der Waals surface area contributed by atoms with Crippen molar-refractivity contribution in [3.63, 3.8) is 0 Å². The van der Waals surface area contributed by atoms with E-state index >= 15 is 0 Å². The van der Waals surface area contributed by atoms with Crippen LogP contribution in [0.1, 0.15) is 79.1 Å². The summed E-state index contributed by atoms with van der Waals surface area (Å²) in [7, 11) is -9.83. The van der Waals surface area contributed by atoms with Crippen molar-refractivity contribution < 1.29 is 31.7 Å². The van der Waals surface area contributed by atoms with E-state index in [2.05, 4.69) is 66.6 Å². The second kappa shape index (κ2) is 14.9. The highest BCUT2D eigenvalue weighted by Gasteiger charge is 2.69. The summed E-state index contributed by atoms with van der Waals surface area (Å²) in [5.74, 6) is -1.06. The van der Waals surface area contributed by atoms with Crippen molar-refractivity contribution in [2.45, 2.75) is 142 Å². The van der Waals surface area contributed by atoms with Gasteiger partial charge < -0.3 is 22.1 Å². The molecule has 0 spiro atoms. The molecule has 1 heterocycles. The zero-order valence-corrected chi connectivity index (χ0v) is 30.2. The van der Waals surface area contributed by atoms with E-state index in [-0.39, 0.29) is 5.60 Å². The molecule has 0 aromatic rings. The Bertz CT molecular complexity index is 787. The lowest BCUT2D eigenvalue weighted by Gasteiger charge is -2.57. The summed E-state index contributed by atoms with van der Waals surface area (Å²) >= 11 is 0. The van der Waals surface area contributed by atoms with Crippen LogP contribution in [0.4, 0.5) is 0 Å². The van der Waals surface area contributed by atoms with E-state index in [0.717, 1.165) is 31.7 Å². The molecule has 11 heteroatoms. The summed E-state index contributed by atoms with van der Waals surface area (Å²) < 4.78 is 32.3. The minimum absolute atomic E-state index is 0.318. The molecule has 0 radical (unpaired) electrons. The van der Waals surface area contributed by atoms with Crippen LogP contribution in [0.15, 0.2) is 12.2 Å². The molecule has 3 atom stereocenters. The van der Waals surface area contributed by atoms with E-state index in [1.54, 1.807) is 0 Å². The average Bonchev–Trinajstić information content (AvgIpc) is 2.75. The monoisotopic (exact) mass is 604 g/mol. The molecule has 7 nitrogen and oxygen atoms in total. The third-order valence-corrected chi connectivity index (χ3v) is 28.0. The molecule has 1 saturated heterocycles. The molecule has 0 bridgehead atoms. The SMILES string of the molecule is CCCCCCCCOC(=O)C=CC(=O)OC(CC)[Si]1(O[Si](C)(C)C)CCC(C)(C)O[Si]1(C)O[Si](C)(C)C. The summed E-state index contributed by atoms with van der Waals surface area (Å²) in [6.07, 6.45) is 10.5. The molecule has 0 aliphatic carbocycles. The lowest BCUT2D eigenvalue weighted by Crippen LogP contribution is -2.80. The van der Waals surface area contributed by atoms with Gasteiger partial charge in [-0.25, -0.2) is 9.59 Å². The molecular weight excluding hydrogens is 549 g/mol. The van der Waals surface area contributed by atoms with E-state index in [1.165, 1.54) is 31.4 Å². The fourth-order valence-corrected chi connectivity index (χ4v) is 35.8. The van der Waals surface area contributed by atoms with Crippen molar-refractivity contribution in [3.05, 3.63) is 12.2 Å². The maximum Gasteiger partial charge on any atom is 0.339 e. The van der Waals surface area contributed by atoms with Crippen LogP contribution in [0.25, 0.3) is 0 Å². The van der Waals surface area contributed by atoms with E-state index in [0.29, 0.717) is 13.0 Å². The highest BCUT2D eigenvalue weighted by Crippen LogP contribution is 2.45. The number of ether oxygens (including phenoxy) is 2. The quantitative estimate of drug-likeness (QED) is 0.0791. The molecule has 1 rings (SSSR count). The predicted octanol–water partition coefficient (Wildman–Crippen LogP) is 7.31. The fourth-order valence-electron chi connectivity index (χ4n) is 5.21. The highest BCUT2D eigenvalue weighted by atomic mass is 29.3. The van der Waals surface area contributed by atoms with Gasteiger partial charge in [0.15, 0.2) is 16.6 Å². The Kier molecular flexibility index (Phi) is 13.9. The third kappa shape index (κ3) is 11.9. The molecule has 0 saturated carbocycles. The molecule has 222 valence electrons. The van der Waals surface area contributed by atoms with Gasteiger partial charge in [-0.2, -0.15) is 0 Å². The first-order chi connectivity index (χ1) is 17.4. The van der Waals surface area contributed by atoms with Crippen LogP contribution in [0.5, 0.6) is 0 Å². The van der Waals surface area contributed by atoms with Crippen LogP contribution in [-0.2, 0) is 31.7 Å². The second-order valence-corrected chi connectivity index (χ2v) is 33.6. The zero-order valence-electron chi connectivity index (χ0n) is 26.2. The van der Waals surface area contributed by atoms with Gasteiger partial charge >= 0.3 is 20.0 Å². The summed E-state index contributed by atoms with van der Waals surface area (Å²) in [5, 5.41) is 0. The number of carbonyl (C=O) groups is 2. The highest BCUT2D eigenvalue weighted by molar-refractivity contribution is 7.37. The van der Waals surface area contributed by atoms with Crippen LogP contribution in [0.3, 0.4) is 0 Å². The summed E-state index contributed by atoms with van der Waals surface area (Å²) in [4.78, 5) is 25.1. The molecule has 0 amide bonds. The van der Waals surface area contributed by atoms with Crippen LogP contribution in [-0.4, -0.2) is 62.4 Å². The Morgan fingerprint density at radius 3 is 2.00 bits per heavy atom. The number of carbonyl (C=O) groups excluding carboxylic acids is 2. The Morgan fingerprint density at radius 2 is 1.45 bits per heavy atom. The van der Waals surface area contributed by atoms with Gasteiger partial charge in [0.25, 0.3) is 7.83 Å². The Labute approximate surface area is 236 Å². The van der Waals surface area contributed by atoms with Crippen LogP contribution in [0, 0.1) is 0 Å². The summed E-state index contributed by atoms with van der Waals surface area (Å²) in [6, 6.07) is 0.827. The second-order valence-electron chi connectivity index (χ2n) is 13.2. The smallest absolute Gasteiger partial charge is 0.339 e. The van der Waals surface area contributed by atoms with E-state index in [4.69, 9.17) is 22.1 Å². The van der Waals surface area contributed by atoms with Crippen molar-refractivity contribution >= 4 is 44.5 Å². The Hall–Kier alpha value is -0.572. The van der Waals surface area contributed by atoms with Gasteiger partial charge in [0.05, 0.1) is 12.2 Å². The lowest BCUT2D eigenvalue weighted by molar-refractivity contribution is -0.142. The third-order valence-electron chi connectivity index (χ3n) is 6.57. The predicted molar refractivity (Wildman–Crippen MR) is 164 cm³/mol. The lowest BCUT2D eigenvalue weighted by atomic mass is 10.1. The number of rotatable bonds is 16. The van der Waals surface area contributed by atoms with Gasteiger partial charge in [0, 0.05) is 12.2 Å². The number of esters is 2. The van der Waals surface area contributed by atoms with Crippen molar-refractivity contribution in [1.82, 2.24) is 0 Å². The number of hydrogen-bond donors (Lipinski definition) is 0. The summed E-state index contributed by atoms with van der Waals surface area (Å²) in [5.41, 5.74) is -0.739. The Morgan fingerprint density at radius 1 is 0.895 bits per heavy atom. The molecule has 1 fully saturated rings. The molecule has 0 aromatic heterocycles. The topological polar surface area (TPSA) is 80.3 Å². The Balaban J connectivity index is 3.05. The van der Waals surface area contributed by atoms with Crippen LogP contribution >= 0.6 is 0 Å². The largest absolute Gasteiger partial charge is 0.463 e. The van der Waals surface area contributed by atoms with Crippen molar-refractivity contribution in [3.8, 4) is 0 Å². The maximum atomic E-state index is 13.0. The molecule has 0 aromatic carbocycles. The number of unbranched alkanes of at least 4 members (excludes halogenated alkanes) is 5.